The standard InChI is InChI=1S/C9H20O2S2/c1-4-5-6-12-7-9(2)8-13(3,10)11/h9H,4-8H2,1-3H3/t9-/m1/s1. The predicted molar refractivity (Wildman–Crippen MR) is 61.1 cm³/mol. The first-order chi connectivity index (χ1) is 5.95. The molecule has 4 heteroatoms. The van der Waals surface area contributed by atoms with Gasteiger partial charge in [0.2, 0.25) is 0 Å². The lowest BCUT2D eigenvalue weighted by molar-refractivity contribution is 0.589. The molecule has 0 N–H and O–H groups in total. The molecule has 1 atom stereocenters. The average molecular weight is 224 g/mol. The molecule has 0 rings (SSSR count). The number of unbranched alkanes of at least 4 members (excludes halogenated alkanes) is 1. The van der Waals surface area contributed by atoms with Gasteiger partial charge in [0, 0.05) is 6.26 Å². The molecule has 80 valence electrons. The summed E-state index contributed by atoms with van der Waals surface area (Å²) in [6.07, 6.45) is 3.75. The van der Waals surface area contributed by atoms with E-state index in [9.17, 15) is 8.42 Å². The summed E-state index contributed by atoms with van der Waals surface area (Å²) in [5.74, 6) is 2.74. The van der Waals surface area contributed by atoms with Crippen LogP contribution in [0.4, 0.5) is 0 Å². The van der Waals surface area contributed by atoms with Crippen LogP contribution in [0.15, 0.2) is 0 Å². The summed E-state index contributed by atoms with van der Waals surface area (Å²) in [6, 6.07) is 0. The Hall–Kier alpha value is 0.300. The van der Waals surface area contributed by atoms with Crippen molar-refractivity contribution in [3.05, 3.63) is 0 Å². The van der Waals surface area contributed by atoms with E-state index in [1.165, 1.54) is 19.1 Å². The molecule has 0 aliphatic heterocycles. The monoisotopic (exact) mass is 224 g/mol. The van der Waals surface area contributed by atoms with Crippen molar-refractivity contribution < 1.29 is 8.42 Å². The Labute approximate surface area is 86.4 Å². The minimum Gasteiger partial charge on any atom is -0.229 e. The molecule has 0 aliphatic rings. The summed E-state index contributed by atoms with van der Waals surface area (Å²) in [5.41, 5.74) is 0. The Morgan fingerprint density at radius 1 is 1.38 bits per heavy atom. The molecule has 0 heterocycles. The predicted octanol–water partition coefficient (Wildman–Crippen LogP) is 2.20. The number of rotatable bonds is 7. The molecule has 2 nitrogen and oxygen atoms in total. The van der Waals surface area contributed by atoms with Crippen molar-refractivity contribution in [3.63, 3.8) is 0 Å². The molecule has 0 spiro atoms. The molecule has 0 saturated heterocycles. The minimum atomic E-state index is -2.78. The molecule has 0 saturated carbocycles. The van der Waals surface area contributed by atoms with Crippen molar-refractivity contribution in [3.8, 4) is 0 Å². The quantitative estimate of drug-likeness (QED) is 0.622. The van der Waals surface area contributed by atoms with Crippen LogP contribution in [0.5, 0.6) is 0 Å². The van der Waals surface area contributed by atoms with Crippen LogP contribution in [0.1, 0.15) is 26.7 Å². The smallest absolute Gasteiger partial charge is 0.147 e. The van der Waals surface area contributed by atoms with Gasteiger partial charge in [0.05, 0.1) is 5.75 Å². The second kappa shape index (κ2) is 6.71. The molecule has 0 aromatic rings. The number of thioether (sulfide) groups is 1. The zero-order valence-corrected chi connectivity index (χ0v) is 10.4. The molecule has 0 radical (unpaired) electrons. The Bertz CT molecular complexity index is 210. The summed E-state index contributed by atoms with van der Waals surface area (Å²) < 4.78 is 21.8. The summed E-state index contributed by atoms with van der Waals surface area (Å²) in [7, 11) is -2.78. The minimum absolute atomic E-state index is 0.289. The van der Waals surface area contributed by atoms with Crippen LogP contribution in [0.25, 0.3) is 0 Å². The third-order valence-corrected chi connectivity index (χ3v) is 4.19. The van der Waals surface area contributed by atoms with Gasteiger partial charge < -0.3 is 0 Å². The van der Waals surface area contributed by atoms with Gasteiger partial charge in [-0.1, -0.05) is 20.3 Å². The average Bonchev–Trinajstić information content (AvgIpc) is 1.94. The highest BCUT2D eigenvalue weighted by Gasteiger charge is 2.09. The molecule has 0 unspecified atom stereocenters. The summed E-state index contributed by atoms with van der Waals surface area (Å²) in [5, 5.41) is 0. The lowest BCUT2D eigenvalue weighted by Crippen LogP contribution is -2.14. The van der Waals surface area contributed by atoms with E-state index in [0.717, 1.165) is 11.5 Å². The molecular formula is C9H20O2S2. The second-order valence-corrected chi connectivity index (χ2v) is 6.96. The van der Waals surface area contributed by atoms with E-state index >= 15 is 0 Å². The van der Waals surface area contributed by atoms with Crippen LogP contribution >= 0.6 is 11.8 Å². The second-order valence-electron chi connectivity index (χ2n) is 3.63. The highest BCUT2D eigenvalue weighted by Crippen LogP contribution is 2.11. The largest absolute Gasteiger partial charge is 0.229 e. The molecule has 0 bridgehead atoms. The van der Waals surface area contributed by atoms with Crippen molar-refractivity contribution in [2.75, 3.05) is 23.5 Å². The fourth-order valence-electron chi connectivity index (χ4n) is 1.10. The van der Waals surface area contributed by atoms with Gasteiger partial charge >= 0.3 is 0 Å². The zero-order chi connectivity index (χ0) is 10.3. The van der Waals surface area contributed by atoms with Crippen LogP contribution in [0.3, 0.4) is 0 Å². The topological polar surface area (TPSA) is 34.1 Å². The van der Waals surface area contributed by atoms with E-state index in [1.807, 2.05) is 18.7 Å². The Morgan fingerprint density at radius 3 is 2.46 bits per heavy atom. The first-order valence-electron chi connectivity index (χ1n) is 4.71. The lowest BCUT2D eigenvalue weighted by Gasteiger charge is -2.08. The number of hydrogen-bond acceptors (Lipinski definition) is 3. The van der Waals surface area contributed by atoms with Crippen molar-refractivity contribution >= 4 is 21.6 Å². The van der Waals surface area contributed by atoms with Crippen LogP contribution in [0, 0.1) is 5.92 Å². The normalized spacial score (nSPS) is 14.4. The summed E-state index contributed by atoms with van der Waals surface area (Å²) >= 11 is 1.86. The van der Waals surface area contributed by atoms with Crippen molar-refractivity contribution in [1.82, 2.24) is 0 Å². The van der Waals surface area contributed by atoms with Crippen LogP contribution in [0.2, 0.25) is 0 Å². The van der Waals surface area contributed by atoms with E-state index in [2.05, 4.69) is 6.92 Å². The Morgan fingerprint density at radius 2 is 2.00 bits per heavy atom. The third-order valence-electron chi connectivity index (χ3n) is 1.63. The van der Waals surface area contributed by atoms with Gasteiger partial charge in [-0.05, 0) is 23.8 Å². The fourth-order valence-corrected chi connectivity index (χ4v) is 3.58. The Kier molecular flexibility index (Phi) is 6.86. The molecule has 0 amide bonds. The van der Waals surface area contributed by atoms with E-state index in [1.54, 1.807) is 0 Å². The maximum absolute atomic E-state index is 10.9. The molecule has 0 aliphatic carbocycles. The van der Waals surface area contributed by atoms with Crippen LogP contribution in [-0.2, 0) is 9.84 Å². The number of sulfone groups is 1. The zero-order valence-electron chi connectivity index (χ0n) is 8.75. The molecule has 0 fully saturated rings. The van der Waals surface area contributed by atoms with E-state index < -0.39 is 9.84 Å². The van der Waals surface area contributed by atoms with Gasteiger partial charge in [-0.2, -0.15) is 11.8 Å². The van der Waals surface area contributed by atoms with Crippen LogP contribution in [-0.4, -0.2) is 31.9 Å². The van der Waals surface area contributed by atoms with Crippen molar-refractivity contribution in [2.45, 2.75) is 26.7 Å². The first kappa shape index (κ1) is 13.3. The lowest BCUT2D eigenvalue weighted by atomic mass is 10.3. The third kappa shape index (κ3) is 10.2. The first-order valence-corrected chi connectivity index (χ1v) is 7.92. The van der Waals surface area contributed by atoms with Gasteiger partial charge in [0.25, 0.3) is 0 Å². The van der Waals surface area contributed by atoms with E-state index in [4.69, 9.17) is 0 Å². The van der Waals surface area contributed by atoms with Crippen molar-refractivity contribution in [2.24, 2.45) is 5.92 Å². The molecule has 13 heavy (non-hydrogen) atoms. The van der Waals surface area contributed by atoms with Gasteiger partial charge in [-0.15, -0.1) is 0 Å². The maximum Gasteiger partial charge on any atom is 0.147 e. The SMILES string of the molecule is CCCCSC[C@@H](C)CS(C)(=O)=O. The summed E-state index contributed by atoms with van der Waals surface area (Å²) in [4.78, 5) is 0. The maximum atomic E-state index is 10.9. The molecule has 0 aromatic carbocycles. The highest BCUT2D eigenvalue weighted by molar-refractivity contribution is 7.99. The van der Waals surface area contributed by atoms with Gasteiger partial charge in [0.15, 0.2) is 0 Å². The Balaban J connectivity index is 3.47. The molecule has 0 aromatic heterocycles. The van der Waals surface area contributed by atoms with Crippen molar-refractivity contribution in [1.29, 1.82) is 0 Å². The van der Waals surface area contributed by atoms with E-state index in [0.29, 0.717) is 5.75 Å². The van der Waals surface area contributed by atoms with Crippen LogP contribution < -0.4 is 0 Å². The van der Waals surface area contributed by atoms with Gasteiger partial charge in [-0.3, -0.25) is 0 Å². The van der Waals surface area contributed by atoms with Gasteiger partial charge in [-0.25, -0.2) is 8.42 Å². The number of hydrogen-bond donors (Lipinski definition) is 0. The highest BCUT2D eigenvalue weighted by atomic mass is 32.2. The van der Waals surface area contributed by atoms with E-state index in [-0.39, 0.29) is 5.92 Å². The summed E-state index contributed by atoms with van der Waals surface area (Å²) in [6.45, 7) is 4.17. The van der Waals surface area contributed by atoms with Gasteiger partial charge in [0.1, 0.15) is 9.84 Å². The molecular weight excluding hydrogens is 204 g/mol. The fraction of sp³-hybridized carbons (Fsp3) is 1.00.